The lowest BCUT2D eigenvalue weighted by atomic mass is 10.0. The number of rotatable bonds is 2. The van der Waals surface area contributed by atoms with Gasteiger partial charge in [0.25, 0.3) is 0 Å². The summed E-state index contributed by atoms with van der Waals surface area (Å²) in [6.07, 6.45) is 3.82. The first-order valence-corrected chi connectivity index (χ1v) is 6.76. The topological polar surface area (TPSA) is 43.3 Å². The van der Waals surface area contributed by atoms with Crippen LogP contribution in [0.5, 0.6) is 0 Å². The highest BCUT2D eigenvalue weighted by molar-refractivity contribution is 5.77. The molecule has 2 aromatic heterocycles. The molecule has 1 fully saturated rings. The van der Waals surface area contributed by atoms with Crippen molar-refractivity contribution in [2.24, 2.45) is 0 Å². The van der Waals surface area contributed by atoms with E-state index in [9.17, 15) is 4.39 Å². The summed E-state index contributed by atoms with van der Waals surface area (Å²) in [5.74, 6) is 0.795. The summed E-state index contributed by atoms with van der Waals surface area (Å²) in [5, 5.41) is 0. The number of hydrogen-bond donors (Lipinski definition) is 1. The van der Waals surface area contributed by atoms with Gasteiger partial charge in [-0.15, -0.1) is 0 Å². The van der Waals surface area contributed by atoms with Crippen LogP contribution in [-0.4, -0.2) is 9.38 Å². The molecule has 20 heavy (non-hydrogen) atoms. The minimum atomic E-state index is -0.316. The van der Waals surface area contributed by atoms with E-state index in [-0.39, 0.29) is 5.82 Å². The zero-order chi connectivity index (χ0) is 13.7. The molecule has 2 heterocycles. The largest absolute Gasteiger partial charge is 0.383 e. The monoisotopic (exact) mass is 267 g/mol. The number of aromatic nitrogens is 2. The summed E-state index contributed by atoms with van der Waals surface area (Å²) in [6.45, 7) is 0. The molecule has 0 amide bonds. The Labute approximate surface area is 115 Å². The molecule has 3 nitrogen and oxygen atoms in total. The Balaban J connectivity index is 1.96. The van der Waals surface area contributed by atoms with Crippen molar-refractivity contribution in [3.63, 3.8) is 0 Å². The summed E-state index contributed by atoms with van der Waals surface area (Å²) in [6, 6.07) is 11.3. The second kappa shape index (κ2) is 4.07. The van der Waals surface area contributed by atoms with Crippen molar-refractivity contribution < 1.29 is 4.39 Å². The number of nitrogen functional groups attached to an aromatic ring is 1. The van der Waals surface area contributed by atoms with Crippen LogP contribution in [0.25, 0.3) is 16.9 Å². The highest BCUT2D eigenvalue weighted by atomic mass is 19.1. The first-order valence-electron chi connectivity index (χ1n) is 6.76. The molecule has 1 aliphatic rings. The number of fused-ring (bicyclic) bond motifs is 1. The van der Waals surface area contributed by atoms with E-state index in [1.165, 1.54) is 30.7 Å². The smallest absolute Gasteiger partial charge is 0.140 e. The molecule has 0 unspecified atom stereocenters. The van der Waals surface area contributed by atoms with Crippen LogP contribution in [0.4, 0.5) is 10.2 Å². The second-order valence-corrected chi connectivity index (χ2v) is 5.28. The van der Waals surface area contributed by atoms with Crippen molar-refractivity contribution in [1.29, 1.82) is 0 Å². The van der Waals surface area contributed by atoms with Crippen LogP contribution in [0.1, 0.15) is 24.3 Å². The molecule has 1 aliphatic carbocycles. The summed E-state index contributed by atoms with van der Waals surface area (Å²) in [5.41, 5.74) is 9.94. The number of imidazole rings is 1. The van der Waals surface area contributed by atoms with Crippen molar-refractivity contribution >= 4 is 11.5 Å². The Bertz CT molecular complexity index is 803. The van der Waals surface area contributed by atoms with E-state index in [0.29, 0.717) is 17.4 Å². The number of hydrogen-bond acceptors (Lipinski definition) is 2. The lowest BCUT2D eigenvalue weighted by Gasteiger charge is -2.06. The first kappa shape index (κ1) is 11.5. The maximum Gasteiger partial charge on any atom is 0.140 e. The Morgan fingerprint density at radius 2 is 1.95 bits per heavy atom. The molecule has 4 rings (SSSR count). The van der Waals surface area contributed by atoms with Gasteiger partial charge in [-0.05, 0) is 36.5 Å². The number of pyridine rings is 1. The lowest BCUT2D eigenvalue weighted by molar-refractivity contribution is 0.619. The standard InChI is InChI=1S/C16H14FN3/c17-11-7-8-14-19-15(16(18)20(14)9-11)13-4-2-1-3-12(13)10-5-6-10/h1-4,7-10H,5-6,18H2. The van der Waals surface area contributed by atoms with Gasteiger partial charge < -0.3 is 5.73 Å². The van der Waals surface area contributed by atoms with Crippen molar-refractivity contribution in [3.8, 4) is 11.3 Å². The number of nitrogens with zero attached hydrogens (tertiary/aromatic N) is 2. The average Bonchev–Trinajstić information content (AvgIpc) is 3.25. The highest BCUT2D eigenvalue weighted by Crippen LogP contribution is 2.45. The Hall–Kier alpha value is -2.36. The number of anilines is 1. The van der Waals surface area contributed by atoms with E-state index in [1.807, 2.05) is 18.2 Å². The van der Waals surface area contributed by atoms with Crippen LogP contribution in [-0.2, 0) is 0 Å². The van der Waals surface area contributed by atoms with E-state index < -0.39 is 0 Å². The molecule has 100 valence electrons. The summed E-state index contributed by atoms with van der Waals surface area (Å²) >= 11 is 0. The molecular weight excluding hydrogens is 253 g/mol. The second-order valence-electron chi connectivity index (χ2n) is 5.28. The van der Waals surface area contributed by atoms with Gasteiger partial charge in [-0.2, -0.15) is 0 Å². The zero-order valence-electron chi connectivity index (χ0n) is 10.9. The summed E-state index contributed by atoms with van der Waals surface area (Å²) in [4.78, 5) is 4.57. The first-order chi connectivity index (χ1) is 9.74. The van der Waals surface area contributed by atoms with Gasteiger partial charge >= 0.3 is 0 Å². The van der Waals surface area contributed by atoms with Crippen molar-refractivity contribution in [2.75, 3.05) is 5.73 Å². The van der Waals surface area contributed by atoms with Crippen molar-refractivity contribution in [1.82, 2.24) is 9.38 Å². The van der Waals surface area contributed by atoms with Crippen LogP contribution < -0.4 is 5.73 Å². The molecule has 0 radical (unpaired) electrons. The fourth-order valence-electron chi connectivity index (χ4n) is 2.70. The average molecular weight is 267 g/mol. The van der Waals surface area contributed by atoms with Crippen LogP contribution in [0.3, 0.4) is 0 Å². The van der Waals surface area contributed by atoms with Gasteiger partial charge in [-0.25, -0.2) is 9.37 Å². The zero-order valence-corrected chi connectivity index (χ0v) is 10.9. The van der Waals surface area contributed by atoms with E-state index in [1.54, 1.807) is 10.5 Å². The maximum absolute atomic E-state index is 13.3. The van der Waals surface area contributed by atoms with Gasteiger partial charge in [0.1, 0.15) is 23.0 Å². The molecular formula is C16H14FN3. The van der Waals surface area contributed by atoms with Crippen LogP contribution in [0.15, 0.2) is 42.6 Å². The minimum Gasteiger partial charge on any atom is -0.383 e. The molecule has 1 aromatic carbocycles. The van der Waals surface area contributed by atoms with E-state index >= 15 is 0 Å². The molecule has 3 aromatic rings. The van der Waals surface area contributed by atoms with E-state index in [2.05, 4.69) is 11.1 Å². The fourth-order valence-corrected chi connectivity index (χ4v) is 2.70. The predicted octanol–water partition coefficient (Wildman–Crippen LogP) is 3.60. The predicted molar refractivity (Wildman–Crippen MR) is 77.0 cm³/mol. The Kier molecular flexibility index (Phi) is 2.33. The third-order valence-corrected chi connectivity index (χ3v) is 3.85. The van der Waals surface area contributed by atoms with Crippen molar-refractivity contribution in [2.45, 2.75) is 18.8 Å². The molecule has 4 heteroatoms. The van der Waals surface area contributed by atoms with Gasteiger partial charge in [0.2, 0.25) is 0 Å². The summed E-state index contributed by atoms with van der Waals surface area (Å²) in [7, 11) is 0. The van der Waals surface area contributed by atoms with Gasteiger partial charge in [0, 0.05) is 11.8 Å². The molecule has 0 spiro atoms. The molecule has 2 N–H and O–H groups in total. The minimum absolute atomic E-state index is 0.316. The lowest BCUT2D eigenvalue weighted by Crippen LogP contribution is -1.96. The van der Waals surface area contributed by atoms with Crippen LogP contribution in [0, 0.1) is 5.82 Å². The van der Waals surface area contributed by atoms with Gasteiger partial charge in [-0.3, -0.25) is 4.40 Å². The van der Waals surface area contributed by atoms with Crippen LogP contribution >= 0.6 is 0 Å². The fraction of sp³-hybridized carbons (Fsp3) is 0.188. The van der Waals surface area contributed by atoms with Gasteiger partial charge in [0.15, 0.2) is 0 Å². The van der Waals surface area contributed by atoms with Gasteiger partial charge in [-0.1, -0.05) is 24.3 Å². The normalized spacial score (nSPS) is 14.8. The number of nitrogens with two attached hydrogens (primary N) is 1. The van der Waals surface area contributed by atoms with Crippen molar-refractivity contribution in [3.05, 3.63) is 54.0 Å². The molecule has 0 aliphatic heterocycles. The molecule has 0 saturated heterocycles. The molecule has 0 atom stereocenters. The van der Waals surface area contributed by atoms with Crippen LogP contribution in [0.2, 0.25) is 0 Å². The number of halogens is 1. The van der Waals surface area contributed by atoms with E-state index in [0.717, 1.165) is 11.3 Å². The molecule has 0 bridgehead atoms. The highest BCUT2D eigenvalue weighted by Gasteiger charge is 2.27. The maximum atomic E-state index is 13.3. The Morgan fingerprint density at radius 3 is 2.75 bits per heavy atom. The Morgan fingerprint density at radius 1 is 1.15 bits per heavy atom. The SMILES string of the molecule is Nc1c(-c2ccccc2C2CC2)nc2ccc(F)cn12. The summed E-state index contributed by atoms with van der Waals surface area (Å²) < 4.78 is 14.9. The van der Waals surface area contributed by atoms with E-state index in [4.69, 9.17) is 5.73 Å². The quantitative estimate of drug-likeness (QED) is 0.771. The van der Waals surface area contributed by atoms with Gasteiger partial charge in [0.05, 0.1) is 0 Å². The third-order valence-electron chi connectivity index (χ3n) is 3.85. The number of benzene rings is 1. The third kappa shape index (κ3) is 1.68. The molecule has 1 saturated carbocycles.